The number of likely N-dealkylation sites (tertiary alicyclic amines) is 1. The number of hydrogen-bond donors (Lipinski definition) is 2. The van der Waals surface area contributed by atoms with Crippen LogP contribution in [0.1, 0.15) is 65.0 Å². The number of rotatable bonds is 11. The summed E-state index contributed by atoms with van der Waals surface area (Å²) in [6.07, 6.45) is 1.13. The van der Waals surface area contributed by atoms with Crippen LogP contribution in [0.3, 0.4) is 0 Å². The predicted molar refractivity (Wildman–Crippen MR) is 156 cm³/mol. The van der Waals surface area contributed by atoms with E-state index in [0.29, 0.717) is 25.8 Å². The Labute approximate surface area is 243 Å². The van der Waals surface area contributed by atoms with E-state index in [0.717, 1.165) is 11.1 Å². The number of nitrogens with zero attached hydrogens (tertiary/aromatic N) is 1. The summed E-state index contributed by atoms with van der Waals surface area (Å²) in [5.74, 6) is -1.33. The van der Waals surface area contributed by atoms with Gasteiger partial charge in [0.25, 0.3) is 0 Å². The van der Waals surface area contributed by atoms with Gasteiger partial charge in [-0.05, 0) is 57.1 Å². The second-order valence-electron chi connectivity index (χ2n) is 11.9. The van der Waals surface area contributed by atoms with Crippen LogP contribution in [-0.2, 0) is 36.9 Å². The fourth-order valence-electron chi connectivity index (χ4n) is 4.72. The summed E-state index contributed by atoms with van der Waals surface area (Å²) in [5, 5.41) is 5.69. The molecule has 3 amide bonds. The molecule has 0 bridgehead atoms. The molecule has 3 atom stereocenters. The van der Waals surface area contributed by atoms with Crippen LogP contribution < -0.4 is 10.6 Å². The molecule has 9 heteroatoms. The maximum atomic E-state index is 13.6. The van der Waals surface area contributed by atoms with Crippen molar-refractivity contribution in [3.8, 4) is 0 Å². The van der Waals surface area contributed by atoms with Crippen molar-refractivity contribution < 1.29 is 28.7 Å². The molecule has 2 N–H and O–H groups in total. The highest BCUT2D eigenvalue weighted by molar-refractivity contribution is 5.93. The van der Waals surface area contributed by atoms with Crippen LogP contribution in [0.5, 0.6) is 0 Å². The van der Waals surface area contributed by atoms with Gasteiger partial charge in [-0.3, -0.25) is 14.5 Å². The third-order valence-corrected chi connectivity index (χ3v) is 6.63. The molecule has 3 rings (SSSR count). The van der Waals surface area contributed by atoms with E-state index in [1.807, 2.05) is 74.5 Å². The Morgan fingerprint density at radius 1 is 0.902 bits per heavy atom. The molecule has 1 saturated heterocycles. The highest BCUT2D eigenvalue weighted by Crippen LogP contribution is 2.20. The summed E-state index contributed by atoms with van der Waals surface area (Å²) in [6.45, 7) is 9.72. The van der Waals surface area contributed by atoms with E-state index in [9.17, 15) is 19.2 Å². The molecule has 0 spiro atoms. The maximum Gasteiger partial charge on any atom is 0.410 e. The third-order valence-electron chi connectivity index (χ3n) is 6.63. The lowest BCUT2D eigenvalue weighted by Gasteiger charge is -2.28. The molecule has 0 unspecified atom stereocenters. The van der Waals surface area contributed by atoms with Gasteiger partial charge in [0.2, 0.25) is 11.8 Å². The second-order valence-corrected chi connectivity index (χ2v) is 11.9. The van der Waals surface area contributed by atoms with Crippen LogP contribution >= 0.6 is 0 Å². The minimum Gasteiger partial charge on any atom is -0.458 e. The van der Waals surface area contributed by atoms with E-state index < -0.39 is 47.6 Å². The quantitative estimate of drug-likeness (QED) is 0.391. The normalized spacial score (nSPS) is 16.5. The SMILES string of the molecule is CC(C)C[C@@H](NC(=O)[C@@H](Cc1ccccc1)NC(=O)[C@@H]1CCCN1C(=O)OCc1ccccc1)C(=O)OC(C)(C)C. The minimum atomic E-state index is -0.968. The average molecular weight is 566 g/mol. The lowest BCUT2D eigenvalue weighted by atomic mass is 10.0. The van der Waals surface area contributed by atoms with E-state index in [1.165, 1.54) is 4.90 Å². The van der Waals surface area contributed by atoms with Crippen molar-refractivity contribution in [2.75, 3.05) is 6.54 Å². The Balaban J connectivity index is 1.73. The van der Waals surface area contributed by atoms with Crippen molar-refractivity contribution in [1.82, 2.24) is 15.5 Å². The highest BCUT2D eigenvalue weighted by Gasteiger charge is 2.37. The summed E-state index contributed by atoms with van der Waals surface area (Å²) >= 11 is 0. The molecule has 0 radical (unpaired) electrons. The molecule has 1 aliphatic heterocycles. The van der Waals surface area contributed by atoms with Crippen molar-refractivity contribution in [3.05, 3.63) is 71.8 Å². The number of hydrogen-bond acceptors (Lipinski definition) is 6. The standard InChI is InChI=1S/C32H43N3O6/c1-22(2)19-26(30(38)41-32(3,4)5)34-28(36)25(20-23-13-8-6-9-14-23)33-29(37)27-17-12-18-35(27)31(39)40-21-24-15-10-7-11-16-24/h6-11,13-16,22,25-27H,12,17-21H2,1-5H3,(H,33,37)(H,34,36)/t25-,26-,27+/m1/s1. The van der Waals surface area contributed by atoms with Crippen LogP contribution in [0.4, 0.5) is 4.79 Å². The van der Waals surface area contributed by atoms with Gasteiger partial charge in [0.1, 0.15) is 30.3 Å². The van der Waals surface area contributed by atoms with E-state index >= 15 is 0 Å². The van der Waals surface area contributed by atoms with Gasteiger partial charge in [0.15, 0.2) is 0 Å². The van der Waals surface area contributed by atoms with E-state index in [2.05, 4.69) is 10.6 Å². The number of nitrogens with one attached hydrogen (secondary N) is 2. The predicted octanol–water partition coefficient (Wildman–Crippen LogP) is 4.39. The second kappa shape index (κ2) is 14.7. The number of carbonyl (C=O) groups is 4. The van der Waals surface area contributed by atoms with Crippen LogP contribution in [0.15, 0.2) is 60.7 Å². The van der Waals surface area contributed by atoms with Gasteiger partial charge < -0.3 is 20.1 Å². The monoisotopic (exact) mass is 565 g/mol. The zero-order chi connectivity index (χ0) is 30.0. The number of carbonyl (C=O) groups excluding carboxylic acids is 4. The zero-order valence-corrected chi connectivity index (χ0v) is 24.7. The average Bonchev–Trinajstić information content (AvgIpc) is 3.41. The summed E-state index contributed by atoms with van der Waals surface area (Å²) in [7, 11) is 0. The first-order valence-electron chi connectivity index (χ1n) is 14.3. The Bertz CT molecular complexity index is 1160. The van der Waals surface area contributed by atoms with Crippen molar-refractivity contribution in [3.63, 3.8) is 0 Å². The number of esters is 1. The van der Waals surface area contributed by atoms with Crippen molar-refractivity contribution >= 4 is 23.9 Å². The lowest BCUT2D eigenvalue weighted by molar-refractivity contribution is -0.159. The van der Waals surface area contributed by atoms with Gasteiger partial charge in [0, 0.05) is 13.0 Å². The molecule has 1 aliphatic rings. The number of benzene rings is 2. The lowest BCUT2D eigenvalue weighted by Crippen LogP contribution is -2.56. The molecule has 0 aromatic heterocycles. The smallest absolute Gasteiger partial charge is 0.410 e. The maximum absolute atomic E-state index is 13.6. The molecule has 1 heterocycles. The highest BCUT2D eigenvalue weighted by atomic mass is 16.6. The molecular formula is C32H43N3O6. The Kier molecular flexibility index (Phi) is 11.3. The first kappa shape index (κ1) is 31.6. The van der Waals surface area contributed by atoms with Gasteiger partial charge in [-0.15, -0.1) is 0 Å². The molecule has 1 fully saturated rings. The summed E-state index contributed by atoms with van der Waals surface area (Å²) < 4.78 is 11.0. The Morgan fingerprint density at radius 3 is 2.10 bits per heavy atom. The fourth-order valence-corrected chi connectivity index (χ4v) is 4.72. The molecule has 41 heavy (non-hydrogen) atoms. The van der Waals surface area contributed by atoms with Crippen LogP contribution in [-0.4, -0.2) is 59.0 Å². The van der Waals surface area contributed by atoms with Gasteiger partial charge >= 0.3 is 12.1 Å². The number of amides is 3. The minimum absolute atomic E-state index is 0.103. The molecule has 222 valence electrons. The summed E-state index contributed by atoms with van der Waals surface area (Å²) in [4.78, 5) is 54.3. The van der Waals surface area contributed by atoms with Crippen LogP contribution in [0, 0.1) is 5.92 Å². The first-order valence-corrected chi connectivity index (χ1v) is 14.3. The first-order chi connectivity index (χ1) is 19.4. The van der Waals surface area contributed by atoms with Crippen molar-refractivity contribution in [2.45, 2.75) is 90.6 Å². The Hall–Kier alpha value is -3.88. The van der Waals surface area contributed by atoms with Gasteiger partial charge in [-0.2, -0.15) is 0 Å². The molecule has 2 aromatic carbocycles. The van der Waals surface area contributed by atoms with Crippen molar-refractivity contribution in [1.29, 1.82) is 0 Å². The van der Waals surface area contributed by atoms with Gasteiger partial charge in [0.05, 0.1) is 0 Å². The van der Waals surface area contributed by atoms with Crippen LogP contribution in [0.25, 0.3) is 0 Å². The molecule has 0 saturated carbocycles. The van der Waals surface area contributed by atoms with E-state index in [4.69, 9.17) is 9.47 Å². The van der Waals surface area contributed by atoms with E-state index in [-0.39, 0.29) is 18.9 Å². The third kappa shape index (κ3) is 10.2. The summed E-state index contributed by atoms with van der Waals surface area (Å²) in [5.41, 5.74) is 0.980. The van der Waals surface area contributed by atoms with Crippen molar-refractivity contribution in [2.24, 2.45) is 5.92 Å². The molecule has 0 aliphatic carbocycles. The topological polar surface area (TPSA) is 114 Å². The van der Waals surface area contributed by atoms with Gasteiger partial charge in [-0.25, -0.2) is 9.59 Å². The largest absolute Gasteiger partial charge is 0.458 e. The fraction of sp³-hybridized carbons (Fsp3) is 0.500. The molecule has 9 nitrogen and oxygen atoms in total. The number of ether oxygens (including phenoxy) is 2. The zero-order valence-electron chi connectivity index (χ0n) is 24.7. The summed E-state index contributed by atoms with van der Waals surface area (Å²) in [6, 6.07) is 16.1. The molecule has 2 aromatic rings. The van der Waals surface area contributed by atoms with Gasteiger partial charge in [-0.1, -0.05) is 74.5 Å². The van der Waals surface area contributed by atoms with Crippen LogP contribution in [0.2, 0.25) is 0 Å². The molecular weight excluding hydrogens is 522 g/mol. The Morgan fingerprint density at radius 2 is 1.51 bits per heavy atom. The van der Waals surface area contributed by atoms with E-state index in [1.54, 1.807) is 20.8 Å².